The van der Waals surface area contributed by atoms with Crippen LogP contribution in [-0.2, 0) is 0 Å². The molecule has 478 valence electrons. The summed E-state index contributed by atoms with van der Waals surface area (Å²) in [5.74, 6) is -4.69. The number of hydrogen-bond donors (Lipinski definition) is 9. The third kappa shape index (κ3) is 18.7. The second-order valence-electron chi connectivity index (χ2n) is 20.3. The molecule has 3 aromatic heterocycles. The predicted octanol–water partition coefficient (Wildman–Crippen LogP) is 12.9. The molecule has 10 rings (SSSR count). The van der Waals surface area contributed by atoms with E-state index in [1.54, 1.807) is 116 Å². The quantitative estimate of drug-likeness (QED) is 0.0263. The minimum absolute atomic E-state index is 0.00723. The molecule has 10 N–H and O–H groups in total. The van der Waals surface area contributed by atoms with E-state index >= 15 is 0 Å². The summed E-state index contributed by atoms with van der Waals surface area (Å²) in [5, 5.41) is 31.5. The minimum atomic E-state index is -0.808. The van der Waals surface area contributed by atoms with Gasteiger partial charge in [-0.05, 0) is 182 Å². The highest BCUT2D eigenvalue weighted by Gasteiger charge is 2.24. The van der Waals surface area contributed by atoms with Gasteiger partial charge in [0.05, 0.1) is 39.3 Å². The Bertz CT molecular complexity index is 4380. The van der Waals surface area contributed by atoms with Gasteiger partial charge in [-0.3, -0.25) is 44.6 Å². The van der Waals surface area contributed by atoms with E-state index < -0.39 is 58.7 Å². The van der Waals surface area contributed by atoms with E-state index in [9.17, 15) is 46.3 Å². The van der Waals surface area contributed by atoms with Crippen LogP contribution in [-0.4, -0.2) is 112 Å². The second kappa shape index (κ2) is 31.9. The third-order valence-electron chi connectivity index (χ3n) is 13.5. The summed E-state index contributed by atoms with van der Waals surface area (Å²) in [7, 11) is 5.09. The first-order valence-corrected chi connectivity index (χ1v) is 30.2. The van der Waals surface area contributed by atoms with Crippen LogP contribution < -0.4 is 37.6 Å². The molecule has 28 heteroatoms. The van der Waals surface area contributed by atoms with Crippen LogP contribution in [0.15, 0.2) is 195 Å². The highest BCUT2D eigenvalue weighted by atomic mass is 79.9. The zero-order chi connectivity index (χ0) is 67.8. The van der Waals surface area contributed by atoms with Crippen LogP contribution in [0.2, 0.25) is 0 Å². The molecule has 6 aromatic carbocycles. The number of carbonyl (C=O) groups is 6. The molecule has 94 heavy (non-hydrogen) atoms. The highest BCUT2D eigenvalue weighted by Crippen LogP contribution is 2.26. The topological polar surface area (TPSA) is 306 Å². The number of amidine groups is 3. The summed E-state index contributed by atoms with van der Waals surface area (Å²) in [6, 6.07) is 37.0. The maximum absolute atomic E-state index is 14.7. The molecule has 9 aromatic rings. The molecular formula is C66H54Br3F4N15O6. The Morgan fingerprint density at radius 1 is 0.457 bits per heavy atom. The Hall–Kier alpha value is -10.8. The first kappa shape index (κ1) is 69.1. The second-order valence-corrected chi connectivity index (χ2v) is 23.0. The van der Waals surface area contributed by atoms with Gasteiger partial charge in [0, 0.05) is 94.1 Å². The van der Waals surface area contributed by atoms with Gasteiger partial charge in [0.15, 0.2) is 0 Å². The van der Waals surface area contributed by atoms with Crippen LogP contribution in [0.4, 0.5) is 52.1 Å². The summed E-state index contributed by atoms with van der Waals surface area (Å²) in [6.45, 7) is 1.49. The Morgan fingerprint density at radius 3 is 1.14 bits per heavy atom. The van der Waals surface area contributed by atoms with Crippen molar-refractivity contribution in [1.82, 2.24) is 24.8 Å². The number of nitrogens with zero attached hydrogens (tertiary/aromatic N) is 6. The van der Waals surface area contributed by atoms with Crippen molar-refractivity contribution >= 4 is 135 Å². The van der Waals surface area contributed by atoms with Gasteiger partial charge in [-0.2, -0.15) is 0 Å². The fourth-order valence-corrected chi connectivity index (χ4v) is 9.15. The van der Waals surface area contributed by atoms with Crippen LogP contribution >= 0.6 is 47.8 Å². The molecule has 1 fully saturated rings. The van der Waals surface area contributed by atoms with Gasteiger partial charge in [0.2, 0.25) is 0 Å². The lowest BCUT2D eigenvalue weighted by atomic mass is 10.1. The molecule has 0 saturated carbocycles. The van der Waals surface area contributed by atoms with Crippen molar-refractivity contribution in [3.8, 4) is 0 Å². The number of likely N-dealkylation sites (tertiary alicyclic amines) is 1. The number of benzene rings is 6. The van der Waals surface area contributed by atoms with Crippen LogP contribution in [0.25, 0.3) is 0 Å². The number of hydrogen-bond acceptors (Lipinski definition) is 12. The molecule has 0 aliphatic carbocycles. The molecule has 0 unspecified atom stereocenters. The Labute approximate surface area is 560 Å². The lowest BCUT2D eigenvalue weighted by Crippen LogP contribution is -2.42. The maximum Gasteiger partial charge on any atom is 0.259 e. The molecule has 1 aliphatic rings. The van der Waals surface area contributed by atoms with Crippen LogP contribution in [0.5, 0.6) is 0 Å². The van der Waals surface area contributed by atoms with E-state index in [1.165, 1.54) is 48.9 Å². The first-order chi connectivity index (χ1) is 44.9. The Morgan fingerprint density at radius 2 is 0.809 bits per heavy atom. The standard InChI is InChI=1S/C23H18BrF2N5O2.C22H19BrFN5O2.C21H17BrFN5O2/c24-14-3-7-20(28-12-14)30-23(33)17-11-15(25)4-6-19(17)29-22(32)16-5-2-13(10-18(16)26)21(27)31-8-1-9-31;1-29(2)20(25)13-3-5-14(6-4-13)21(30)27-18-9-8-16(24)11-17(18)22(31)28-19-10-7-15(23)12-26-19;1-25-19(24)12-2-4-13(5-3-12)20(29)27-17-8-7-15(23)10-16(17)21(30)28-18-9-6-14(22)11-26-18/h2-7,10-12,27H,1,8-9H2,(H,29,32)(H,28,30,33);3-12,25H,1-2H3,(H,27,30)(H,26,28,31);2-11H,1H3,(H2,24,25)(H,27,29)(H,26,28,30). The molecule has 0 bridgehead atoms. The minimum Gasteiger partial charge on any atom is -0.384 e. The van der Waals surface area contributed by atoms with Crippen molar-refractivity contribution in [3.05, 3.63) is 263 Å². The number of pyridine rings is 3. The van der Waals surface area contributed by atoms with E-state index in [-0.39, 0.29) is 62.6 Å². The fraction of sp³-hybridized carbons (Fsp3) is 0.0909. The van der Waals surface area contributed by atoms with E-state index in [4.69, 9.17) is 16.6 Å². The number of aliphatic imine (C=N–C) groups is 1. The van der Waals surface area contributed by atoms with Crippen LogP contribution in [0, 0.1) is 34.1 Å². The van der Waals surface area contributed by atoms with Crippen molar-refractivity contribution in [2.75, 3.05) is 66.1 Å². The van der Waals surface area contributed by atoms with Crippen molar-refractivity contribution in [1.29, 1.82) is 10.8 Å². The van der Waals surface area contributed by atoms with E-state index in [2.05, 4.69) is 99.6 Å². The van der Waals surface area contributed by atoms with Gasteiger partial charge >= 0.3 is 0 Å². The number of nitrogens with two attached hydrogens (primary N) is 1. The largest absolute Gasteiger partial charge is 0.384 e. The van der Waals surface area contributed by atoms with Gasteiger partial charge < -0.3 is 47.4 Å². The maximum atomic E-state index is 14.7. The first-order valence-electron chi connectivity index (χ1n) is 27.9. The zero-order valence-electron chi connectivity index (χ0n) is 49.7. The number of amides is 6. The van der Waals surface area contributed by atoms with Crippen molar-refractivity contribution in [3.63, 3.8) is 0 Å². The average Bonchev–Trinajstić information content (AvgIpc) is 0.926. The summed E-state index contributed by atoms with van der Waals surface area (Å²) in [6.07, 6.45) is 5.50. The molecular weight excluding hydrogens is 1410 g/mol. The number of halogens is 7. The molecule has 4 heterocycles. The molecule has 1 saturated heterocycles. The molecule has 0 radical (unpaired) electrons. The summed E-state index contributed by atoms with van der Waals surface area (Å²) in [4.78, 5) is 95.5. The van der Waals surface area contributed by atoms with E-state index in [0.29, 0.717) is 44.0 Å². The number of rotatable bonds is 15. The van der Waals surface area contributed by atoms with E-state index in [1.807, 2.05) is 0 Å². The lowest BCUT2D eigenvalue weighted by Gasteiger charge is -2.33. The molecule has 6 amide bonds. The Balaban J connectivity index is 0.000000181. The SMILES string of the molecule is CN(C)C(=N)c1ccc(C(=O)Nc2ccc(F)cc2C(=O)Nc2ccc(Br)cn2)cc1.CN=C(N)c1ccc(C(=O)Nc2ccc(F)cc2C(=O)Nc2ccc(Br)cn2)cc1.N=C(c1ccc(C(=O)Nc2ccc(F)cc2C(=O)Nc2ccc(Br)cn2)c(F)c1)N1CCC1. The van der Waals surface area contributed by atoms with Gasteiger partial charge in [-0.25, -0.2) is 32.5 Å². The monoisotopic (exact) mass is 1470 g/mol. The normalized spacial score (nSPS) is 11.4. The van der Waals surface area contributed by atoms with Crippen molar-refractivity contribution in [2.45, 2.75) is 6.42 Å². The van der Waals surface area contributed by atoms with Crippen molar-refractivity contribution in [2.24, 2.45) is 10.7 Å². The fourth-order valence-electron chi connectivity index (χ4n) is 8.45. The average molecular weight is 1470 g/mol. The molecule has 0 spiro atoms. The predicted molar refractivity (Wildman–Crippen MR) is 362 cm³/mol. The number of nitrogens with one attached hydrogen (secondary N) is 8. The number of carbonyl (C=O) groups excluding carboxylic acids is 6. The smallest absolute Gasteiger partial charge is 0.259 e. The summed E-state index contributed by atoms with van der Waals surface area (Å²) < 4.78 is 58.3. The molecule has 1 aliphatic heterocycles. The summed E-state index contributed by atoms with van der Waals surface area (Å²) >= 11 is 9.76. The summed E-state index contributed by atoms with van der Waals surface area (Å²) in [5.41, 5.74) is 7.97. The van der Waals surface area contributed by atoms with Gasteiger partial charge in [-0.1, -0.05) is 30.3 Å². The number of aromatic nitrogens is 3. The molecule has 0 atom stereocenters. The third-order valence-corrected chi connectivity index (χ3v) is 14.9. The van der Waals surface area contributed by atoms with Crippen molar-refractivity contribution < 1.29 is 46.3 Å². The van der Waals surface area contributed by atoms with Crippen LogP contribution in [0.1, 0.15) is 85.3 Å². The van der Waals surface area contributed by atoms with Gasteiger partial charge in [-0.15, -0.1) is 0 Å². The molecule has 21 nitrogen and oxygen atoms in total. The van der Waals surface area contributed by atoms with Crippen LogP contribution in [0.3, 0.4) is 0 Å². The van der Waals surface area contributed by atoms with E-state index in [0.717, 1.165) is 70.9 Å². The highest BCUT2D eigenvalue weighted by molar-refractivity contribution is 9.11. The zero-order valence-corrected chi connectivity index (χ0v) is 54.5. The lowest BCUT2D eigenvalue weighted by molar-refractivity contribution is 0.100. The number of anilines is 6. The van der Waals surface area contributed by atoms with Gasteiger partial charge in [0.1, 0.15) is 58.2 Å². The Kier molecular flexibility index (Phi) is 23.5. The van der Waals surface area contributed by atoms with Gasteiger partial charge in [0.25, 0.3) is 35.4 Å².